The van der Waals surface area contributed by atoms with Gasteiger partial charge in [0, 0.05) is 50.4 Å². The number of carbonyl (C=O) groups is 2. The van der Waals surface area contributed by atoms with Gasteiger partial charge in [-0.25, -0.2) is 14.8 Å². The largest absolute Gasteiger partial charge is 0.492 e. The van der Waals surface area contributed by atoms with Crippen LogP contribution in [-0.2, 0) is 15.4 Å². The van der Waals surface area contributed by atoms with Gasteiger partial charge in [-0.05, 0) is 45.1 Å². The molecule has 2 amide bonds. The summed E-state index contributed by atoms with van der Waals surface area (Å²) in [6.07, 6.45) is 3.39. The van der Waals surface area contributed by atoms with Gasteiger partial charge in [0.2, 0.25) is 11.8 Å². The average Bonchev–Trinajstić information content (AvgIpc) is 3.62. The lowest BCUT2D eigenvalue weighted by molar-refractivity contribution is -0.0382. The van der Waals surface area contributed by atoms with Crippen molar-refractivity contribution in [2.24, 2.45) is 5.41 Å². The van der Waals surface area contributed by atoms with E-state index >= 15 is 8.78 Å². The third kappa shape index (κ3) is 5.70. The van der Waals surface area contributed by atoms with Gasteiger partial charge in [0.05, 0.1) is 18.3 Å². The molecule has 1 aromatic carbocycles. The summed E-state index contributed by atoms with van der Waals surface area (Å²) in [5, 5.41) is 17.2. The average molecular weight is 613 g/mol. The topological polar surface area (TPSA) is 144 Å². The number of likely N-dealkylation sites (tertiary alicyclic amines) is 2. The Bertz CT molecular complexity index is 1510. The highest BCUT2D eigenvalue weighted by molar-refractivity contribution is 5.92. The van der Waals surface area contributed by atoms with Crippen molar-refractivity contribution in [2.45, 2.75) is 57.0 Å². The molecule has 0 aliphatic carbocycles. The van der Waals surface area contributed by atoms with Crippen LogP contribution in [0.5, 0.6) is 5.88 Å². The van der Waals surface area contributed by atoms with E-state index in [4.69, 9.17) is 13.9 Å². The number of aromatic nitrogens is 4. The van der Waals surface area contributed by atoms with Crippen LogP contribution in [0.15, 0.2) is 41.1 Å². The van der Waals surface area contributed by atoms with Crippen LogP contribution in [0.1, 0.15) is 78.8 Å². The van der Waals surface area contributed by atoms with Crippen molar-refractivity contribution in [2.75, 3.05) is 39.4 Å². The molecule has 3 aliphatic heterocycles. The molecule has 234 valence electrons. The number of benzene rings is 1. The van der Waals surface area contributed by atoms with Gasteiger partial charge in [-0.1, -0.05) is 24.3 Å². The van der Waals surface area contributed by atoms with Gasteiger partial charge < -0.3 is 28.8 Å². The number of alkyl halides is 2. The molecule has 0 bridgehead atoms. The third-order valence-corrected chi connectivity index (χ3v) is 8.43. The Morgan fingerprint density at radius 2 is 1.68 bits per heavy atom. The van der Waals surface area contributed by atoms with Crippen molar-refractivity contribution in [1.82, 2.24) is 30.0 Å². The number of rotatable bonds is 5. The summed E-state index contributed by atoms with van der Waals surface area (Å²) in [6.45, 7) is 7.22. The van der Waals surface area contributed by atoms with Crippen molar-refractivity contribution in [3.63, 3.8) is 0 Å². The predicted molar refractivity (Wildman–Crippen MR) is 149 cm³/mol. The van der Waals surface area contributed by atoms with E-state index in [9.17, 15) is 14.7 Å². The van der Waals surface area contributed by atoms with Crippen molar-refractivity contribution in [3.8, 4) is 5.88 Å². The van der Waals surface area contributed by atoms with Gasteiger partial charge in [0.25, 0.3) is 11.8 Å². The van der Waals surface area contributed by atoms with Crippen LogP contribution >= 0.6 is 0 Å². The van der Waals surface area contributed by atoms with Gasteiger partial charge >= 0.3 is 12.0 Å². The number of hydrogen-bond acceptors (Lipinski definition) is 10. The second-order valence-corrected chi connectivity index (χ2v) is 12.7. The van der Waals surface area contributed by atoms with Crippen LogP contribution in [0.25, 0.3) is 0 Å². The molecule has 1 atom stereocenters. The minimum absolute atomic E-state index is 0.00359. The molecule has 5 heterocycles. The molecular weight excluding hydrogens is 578 g/mol. The van der Waals surface area contributed by atoms with Crippen molar-refractivity contribution < 1.29 is 37.4 Å². The predicted octanol–water partition coefficient (Wildman–Crippen LogP) is 4.08. The van der Waals surface area contributed by atoms with E-state index in [0.717, 1.165) is 30.8 Å². The summed E-state index contributed by atoms with van der Waals surface area (Å²) in [7, 11) is 0. The molecule has 1 N–H and O–H groups in total. The van der Waals surface area contributed by atoms with Crippen LogP contribution in [0.3, 0.4) is 0 Å². The maximum atomic E-state index is 15.6. The van der Waals surface area contributed by atoms with Crippen molar-refractivity contribution in [3.05, 3.63) is 65.3 Å². The van der Waals surface area contributed by atoms with Crippen molar-refractivity contribution in [1.29, 1.82) is 0 Å². The normalized spacial score (nSPS) is 20.5. The SMILES string of the molecule is CC(C)(C)OC(=O)N1CC2(C1)CN(C(=O)c1cnc(O)cn1)CC2c1nnc(C(F)(F)c2ccc(C3CCOCC3)cc2)o1. The van der Waals surface area contributed by atoms with E-state index in [2.05, 4.69) is 20.2 Å². The van der Waals surface area contributed by atoms with Crippen molar-refractivity contribution >= 4 is 12.0 Å². The molecule has 44 heavy (non-hydrogen) atoms. The number of amides is 2. The zero-order chi connectivity index (χ0) is 31.3. The van der Waals surface area contributed by atoms with Crippen LogP contribution < -0.4 is 0 Å². The Balaban J connectivity index is 1.24. The highest BCUT2D eigenvalue weighted by atomic mass is 19.3. The summed E-state index contributed by atoms with van der Waals surface area (Å²) in [4.78, 5) is 36.7. The lowest BCUT2D eigenvalue weighted by atomic mass is 9.71. The molecule has 2 aromatic heterocycles. The molecule has 0 radical (unpaired) electrons. The second-order valence-electron chi connectivity index (χ2n) is 12.7. The number of aromatic hydroxyl groups is 1. The number of halogens is 2. The first-order valence-corrected chi connectivity index (χ1v) is 14.5. The molecule has 3 aliphatic rings. The van der Waals surface area contributed by atoms with E-state index < -0.39 is 40.7 Å². The minimum atomic E-state index is -3.55. The molecule has 12 nitrogen and oxygen atoms in total. The lowest BCUT2D eigenvalue weighted by Gasteiger charge is -2.49. The standard InChI is InChI=1S/C30H34F2N6O6/c1-28(2,3)44-27(41)38-16-29(17-38)15-37(25(40)22-12-34-23(39)13-33-22)14-21(29)24-35-36-26(43-24)30(31,32)20-6-4-18(5-7-20)19-8-10-42-11-9-19/h4-7,12-13,19,21H,8-11,14-17H2,1-3H3,(H,34,39). The Morgan fingerprint density at radius 3 is 2.32 bits per heavy atom. The molecule has 1 spiro atoms. The first kappa shape index (κ1) is 29.9. The Morgan fingerprint density at radius 1 is 1.00 bits per heavy atom. The van der Waals surface area contributed by atoms with Gasteiger partial charge in [-0.15, -0.1) is 10.2 Å². The number of hydrogen-bond donors (Lipinski definition) is 1. The smallest absolute Gasteiger partial charge is 0.410 e. The molecule has 1 unspecified atom stereocenters. The van der Waals surface area contributed by atoms with E-state index in [0.29, 0.717) is 13.2 Å². The summed E-state index contributed by atoms with van der Waals surface area (Å²) < 4.78 is 47.9. The van der Waals surface area contributed by atoms with Crippen LogP contribution in [0.4, 0.5) is 13.6 Å². The molecule has 14 heteroatoms. The number of carbonyl (C=O) groups excluding carboxylic acids is 2. The van der Waals surface area contributed by atoms with Crippen LogP contribution in [0, 0.1) is 5.41 Å². The fraction of sp³-hybridized carbons (Fsp3) is 0.533. The molecule has 3 fully saturated rings. The number of nitrogens with zero attached hydrogens (tertiary/aromatic N) is 6. The highest BCUT2D eigenvalue weighted by Gasteiger charge is 2.59. The molecule has 3 saturated heterocycles. The van der Waals surface area contributed by atoms with E-state index in [-0.39, 0.29) is 55.1 Å². The fourth-order valence-electron chi connectivity index (χ4n) is 6.17. The highest BCUT2D eigenvalue weighted by Crippen LogP contribution is 2.50. The minimum Gasteiger partial charge on any atom is -0.492 e. The van der Waals surface area contributed by atoms with Gasteiger partial charge in [0.1, 0.15) is 11.3 Å². The van der Waals surface area contributed by atoms with Crippen LogP contribution in [0.2, 0.25) is 0 Å². The van der Waals surface area contributed by atoms with Gasteiger partial charge in [-0.3, -0.25) is 4.79 Å². The molecule has 3 aromatic rings. The van der Waals surface area contributed by atoms with E-state index in [1.807, 2.05) is 0 Å². The van der Waals surface area contributed by atoms with Gasteiger partial charge in [-0.2, -0.15) is 8.78 Å². The Hall–Kier alpha value is -4.20. The van der Waals surface area contributed by atoms with Crippen LogP contribution in [-0.4, -0.2) is 92.1 Å². The fourth-order valence-corrected chi connectivity index (χ4v) is 6.17. The Kier molecular flexibility index (Phi) is 7.50. The monoisotopic (exact) mass is 612 g/mol. The zero-order valence-electron chi connectivity index (χ0n) is 24.7. The molecule has 0 saturated carbocycles. The summed E-state index contributed by atoms with van der Waals surface area (Å²) in [5.41, 5.74) is -0.725. The zero-order valence-corrected chi connectivity index (χ0v) is 24.7. The summed E-state index contributed by atoms with van der Waals surface area (Å²) in [5.74, 6) is -5.62. The summed E-state index contributed by atoms with van der Waals surface area (Å²) in [6, 6.07) is 6.18. The van der Waals surface area contributed by atoms with Gasteiger partial charge in [0.15, 0.2) is 0 Å². The first-order valence-electron chi connectivity index (χ1n) is 14.5. The maximum absolute atomic E-state index is 15.6. The number of ether oxygens (including phenoxy) is 2. The lowest BCUT2D eigenvalue weighted by Crippen LogP contribution is -2.62. The first-order chi connectivity index (χ1) is 20.8. The summed E-state index contributed by atoms with van der Waals surface area (Å²) >= 11 is 0. The molecule has 6 rings (SSSR count). The maximum Gasteiger partial charge on any atom is 0.410 e. The third-order valence-electron chi connectivity index (χ3n) is 8.43. The van der Waals surface area contributed by atoms with E-state index in [1.165, 1.54) is 21.9 Å². The van der Waals surface area contributed by atoms with E-state index in [1.54, 1.807) is 32.9 Å². The Labute approximate surface area is 252 Å². The second kappa shape index (κ2) is 11.1. The molecular formula is C30H34F2N6O6. The quantitative estimate of drug-likeness (QED) is 0.448.